The lowest BCUT2D eigenvalue weighted by Crippen LogP contribution is -2.45. The molecule has 1 aliphatic rings. The third-order valence-electron chi connectivity index (χ3n) is 5.35. The van der Waals surface area contributed by atoms with Crippen LogP contribution in [0.3, 0.4) is 0 Å². The summed E-state index contributed by atoms with van der Waals surface area (Å²) in [5.74, 6) is 1.95. The highest BCUT2D eigenvalue weighted by molar-refractivity contribution is 5.92. The molecule has 2 heterocycles. The molecule has 1 aromatic carbocycles. The van der Waals surface area contributed by atoms with Crippen LogP contribution in [-0.4, -0.2) is 36.2 Å². The highest BCUT2D eigenvalue weighted by Crippen LogP contribution is 2.21. The molecule has 1 aliphatic heterocycles. The zero-order chi connectivity index (χ0) is 20.8. The zero-order valence-electron chi connectivity index (χ0n) is 17.9. The zero-order valence-corrected chi connectivity index (χ0v) is 17.9. The van der Waals surface area contributed by atoms with Crippen molar-refractivity contribution in [1.82, 2.24) is 4.98 Å². The maximum atomic E-state index is 6.05. The first-order valence-electron chi connectivity index (χ1n) is 10.5. The van der Waals surface area contributed by atoms with E-state index in [0.29, 0.717) is 18.4 Å². The van der Waals surface area contributed by atoms with Gasteiger partial charge >= 0.3 is 0 Å². The number of morpholine rings is 1. The van der Waals surface area contributed by atoms with Crippen molar-refractivity contribution in [3.8, 4) is 0 Å². The molecule has 0 spiro atoms. The maximum absolute atomic E-state index is 6.05. The molecule has 6 nitrogen and oxygen atoms in total. The van der Waals surface area contributed by atoms with E-state index in [4.69, 9.17) is 10.5 Å². The molecule has 3 atom stereocenters. The largest absolute Gasteiger partial charge is 0.372 e. The summed E-state index contributed by atoms with van der Waals surface area (Å²) in [5, 5.41) is 3.15. The van der Waals surface area contributed by atoms with Gasteiger partial charge in [0.25, 0.3) is 0 Å². The van der Waals surface area contributed by atoms with Crippen LogP contribution in [0.4, 0.5) is 11.5 Å². The first-order chi connectivity index (χ1) is 13.9. The van der Waals surface area contributed by atoms with Gasteiger partial charge in [-0.3, -0.25) is 0 Å². The van der Waals surface area contributed by atoms with E-state index in [2.05, 4.69) is 66.1 Å². The van der Waals surface area contributed by atoms with E-state index in [0.717, 1.165) is 36.6 Å². The van der Waals surface area contributed by atoms with Crippen LogP contribution in [0.25, 0.3) is 0 Å². The van der Waals surface area contributed by atoms with Crippen molar-refractivity contribution in [2.75, 3.05) is 23.3 Å². The number of benzene rings is 1. The van der Waals surface area contributed by atoms with E-state index in [9.17, 15) is 0 Å². The van der Waals surface area contributed by atoms with Crippen molar-refractivity contribution in [3.63, 3.8) is 0 Å². The first kappa shape index (κ1) is 21.1. The van der Waals surface area contributed by atoms with Crippen molar-refractivity contribution in [3.05, 3.63) is 53.7 Å². The smallest absolute Gasteiger partial charge is 0.193 e. The van der Waals surface area contributed by atoms with Gasteiger partial charge in [-0.05, 0) is 55.5 Å². The minimum Gasteiger partial charge on any atom is -0.372 e. The average molecular weight is 396 g/mol. The number of pyridine rings is 1. The lowest BCUT2D eigenvalue weighted by Gasteiger charge is -2.36. The van der Waals surface area contributed by atoms with Gasteiger partial charge in [-0.25, -0.2) is 9.98 Å². The Labute approximate surface area is 174 Å². The van der Waals surface area contributed by atoms with Crippen molar-refractivity contribution >= 4 is 17.5 Å². The van der Waals surface area contributed by atoms with Gasteiger partial charge in [-0.2, -0.15) is 0 Å². The van der Waals surface area contributed by atoms with Crippen LogP contribution in [0.5, 0.6) is 0 Å². The lowest BCUT2D eigenvalue weighted by molar-refractivity contribution is -0.00545. The molecule has 3 rings (SSSR count). The minimum absolute atomic E-state index is 0.218. The molecule has 3 N–H and O–H groups in total. The number of anilines is 2. The second-order valence-electron chi connectivity index (χ2n) is 7.94. The van der Waals surface area contributed by atoms with Crippen LogP contribution in [0.15, 0.2) is 47.6 Å². The van der Waals surface area contributed by atoms with Crippen LogP contribution < -0.4 is 16.0 Å². The summed E-state index contributed by atoms with van der Waals surface area (Å²) >= 11 is 0. The SMILES string of the molecule is CCC(C)c1ccc(NC(N)=NCc2ccc(N3CC(C)OC(C)C3)nc2)cc1. The number of rotatable bonds is 6. The van der Waals surface area contributed by atoms with Gasteiger partial charge in [0.05, 0.1) is 18.8 Å². The Morgan fingerprint density at radius 1 is 1.21 bits per heavy atom. The van der Waals surface area contributed by atoms with Gasteiger partial charge in [0.1, 0.15) is 5.82 Å². The molecule has 0 aliphatic carbocycles. The fraction of sp³-hybridized carbons (Fsp3) is 0.478. The Kier molecular flexibility index (Phi) is 7.09. The molecule has 0 radical (unpaired) electrons. The molecule has 0 amide bonds. The van der Waals surface area contributed by atoms with Crippen LogP contribution in [0.1, 0.15) is 51.2 Å². The Morgan fingerprint density at radius 2 is 1.90 bits per heavy atom. The monoisotopic (exact) mass is 395 g/mol. The summed E-state index contributed by atoms with van der Waals surface area (Å²) < 4.78 is 5.79. The first-order valence-corrected chi connectivity index (χ1v) is 10.5. The Balaban J connectivity index is 1.55. The van der Waals surface area contributed by atoms with Gasteiger partial charge in [-0.15, -0.1) is 0 Å². The average Bonchev–Trinajstić information content (AvgIpc) is 2.72. The maximum Gasteiger partial charge on any atom is 0.193 e. The molecule has 156 valence electrons. The van der Waals surface area contributed by atoms with E-state index < -0.39 is 0 Å². The molecule has 6 heteroatoms. The lowest BCUT2D eigenvalue weighted by atomic mass is 9.99. The van der Waals surface area contributed by atoms with Crippen LogP contribution in [0, 0.1) is 0 Å². The quantitative estimate of drug-likeness (QED) is 0.568. The van der Waals surface area contributed by atoms with Crippen molar-refractivity contribution < 1.29 is 4.74 Å². The van der Waals surface area contributed by atoms with Gasteiger partial charge in [0.15, 0.2) is 5.96 Å². The van der Waals surface area contributed by atoms with E-state index in [1.165, 1.54) is 5.56 Å². The Bertz CT molecular complexity index is 793. The topological polar surface area (TPSA) is 75.8 Å². The molecule has 1 aromatic heterocycles. The number of hydrogen-bond donors (Lipinski definition) is 2. The summed E-state index contributed by atoms with van der Waals surface area (Å²) in [6, 6.07) is 12.5. The molecular formula is C23H33N5O. The van der Waals surface area contributed by atoms with Gasteiger partial charge in [0.2, 0.25) is 0 Å². The number of ether oxygens (including phenoxy) is 1. The molecule has 0 bridgehead atoms. The second kappa shape index (κ2) is 9.74. The van der Waals surface area contributed by atoms with E-state index >= 15 is 0 Å². The Morgan fingerprint density at radius 3 is 2.48 bits per heavy atom. The van der Waals surface area contributed by atoms with Crippen molar-refractivity contribution in [1.29, 1.82) is 0 Å². The normalized spacial score (nSPS) is 21.1. The number of nitrogens with one attached hydrogen (secondary N) is 1. The summed E-state index contributed by atoms with van der Waals surface area (Å²) in [7, 11) is 0. The van der Waals surface area contributed by atoms with Gasteiger partial charge in [-0.1, -0.05) is 32.0 Å². The third-order valence-corrected chi connectivity index (χ3v) is 5.35. The fourth-order valence-electron chi connectivity index (χ4n) is 3.56. The summed E-state index contributed by atoms with van der Waals surface area (Å²) in [4.78, 5) is 11.3. The number of nitrogens with two attached hydrogens (primary N) is 1. The molecule has 1 saturated heterocycles. The second-order valence-corrected chi connectivity index (χ2v) is 7.94. The predicted octanol–water partition coefficient (Wildman–Crippen LogP) is 4.14. The van der Waals surface area contributed by atoms with E-state index in [-0.39, 0.29) is 12.2 Å². The summed E-state index contributed by atoms with van der Waals surface area (Å²) in [6.07, 6.45) is 3.44. The number of aromatic nitrogens is 1. The van der Waals surface area contributed by atoms with Crippen LogP contribution in [0.2, 0.25) is 0 Å². The standard InChI is InChI=1S/C23H33N5O/c1-5-16(2)20-7-9-21(10-8-20)27-23(24)26-13-19-6-11-22(25-12-19)28-14-17(3)29-18(4)15-28/h6-12,16-18H,5,13-15H2,1-4H3,(H3,24,26,27). The highest BCUT2D eigenvalue weighted by atomic mass is 16.5. The number of nitrogens with zero attached hydrogens (tertiary/aromatic N) is 3. The number of hydrogen-bond acceptors (Lipinski definition) is 4. The van der Waals surface area contributed by atoms with Crippen molar-refractivity contribution in [2.24, 2.45) is 10.7 Å². The molecule has 3 unspecified atom stereocenters. The van der Waals surface area contributed by atoms with Crippen molar-refractivity contribution in [2.45, 2.75) is 58.8 Å². The third kappa shape index (κ3) is 5.94. The molecule has 29 heavy (non-hydrogen) atoms. The Hall–Kier alpha value is -2.60. The summed E-state index contributed by atoms with van der Waals surface area (Å²) in [5.41, 5.74) is 9.36. The number of aliphatic imine (C=N–C) groups is 1. The molecular weight excluding hydrogens is 362 g/mol. The minimum atomic E-state index is 0.218. The summed E-state index contributed by atoms with van der Waals surface area (Å²) in [6.45, 7) is 10.8. The van der Waals surface area contributed by atoms with Gasteiger partial charge in [0, 0.05) is 25.0 Å². The predicted molar refractivity (Wildman–Crippen MR) is 121 cm³/mol. The fourth-order valence-corrected chi connectivity index (χ4v) is 3.56. The molecule has 2 aromatic rings. The van der Waals surface area contributed by atoms with E-state index in [1.807, 2.05) is 24.4 Å². The van der Waals surface area contributed by atoms with Crippen LogP contribution in [-0.2, 0) is 11.3 Å². The molecule has 0 saturated carbocycles. The van der Waals surface area contributed by atoms with Crippen LogP contribution >= 0.6 is 0 Å². The highest BCUT2D eigenvalue weighted by Gasteiger charge is 2.22. The van der Waals surface area contributed by atoms with Gasteiger partial charge < -0.3 is 20.7 Å². The molecule has 1 fully saturated rings. The number of guanidine groups is 1. The van der Waals surface area contributed by atoms with E-state index in [1.54, 1.807) is 0 Å².